The van der Waals surface area contributed by atoms with E-state index in [0.29, 0.717) is 24.9 Å². The monoisotopic (exact) mass is 554 g/mol. The number of carbonyl (C=O) groups is 3. The van der Waals surface area contributed by atoms with E-state index in [1.807, 2.05) is 37.3 Å². The standard InChI is InChI=1S/C29H38N4O7/c1-2-3-16-40-26(18-27(35)30-19-22-11-13-23(14-12-22)33(38)39)28(36)31-25(17-21-8-5-4-6-9-21)29(37)32-15-7-10-24(32)20-34/h4-6,8-9,11-14,24-26,34H,2-3,7,10,15-20H2,1H3,(H,30,35)(H,31,36)/t24-,25-,26?/m0/s1. The van der Waals surface area contributed by atoms with Gasteiger partial charge < -0.3 is 25.4 Å². The van der Waals surface area contributed by atoms with Crippen LogP contribution in [-0.2, 0) is 32.1 Å². The topological polar surface area (TPSA) is 151 Å². The summed E-state index contributed by atoms with van der Waals surface area (Å²) in [5, 5.41) is 26.1. The number of nitro groups is 1. The number of rotatable bonds is 15. The Hall–Kier alpha value is -3.83. The molecule has 2 aromatic carbocycles. The van der Waals surface area contributed by atoms with Gasteiger partial charge >= 0.3 is 0 Å². The predicted molar refractivity (Wildman–Crippen MR) is 148 cm³/mol. The Kier molecular flexibility index (Phi) is 12.0. The fraction of sp³-hybridized carbons (Fsp3) is 0.483. The lowest BCUT2D eigenvalue weighted by molar-refractivity contribution is -0.384. The summed E-state index contributed by atoms with van der Waals surface area (Å²) >= 11 is 0. The molecule has 3 N–H and O–H groups in total. The zero-order chi connectivity index (χ0) is 28.9. The van der Waals surface area contributed by atoms with Crippen LogP contribution in [0.2, 0.25) is 0 Å². The number of amides is 3. The number of nitrogens with one attached hydrogen (secondary N) is 2. The molecule has 0 aliphatic carbocycles. The summed E-state index contributed by atoms with van der Waals surface area (Å²) < 4.78 is 5.79. The van der Waals surface area contributed by atoms with Gasteiger partial charge in [-0.3, -0.25) is 24.5 Å². The molecule has 1 heterocycles. The van der Waals surface area contributed by atoms with Crippen LogP contribution in [0.25, 0.3) is 0 Å². The number of hydrogen-bond donors (Lipinski definition) is 3. The van der Waals surface area contributed by atoms with Crippen molar-refractivity contribution in [1.29, 1.82) is 0 Å². The molecule has 1 saturated heterocycles. The SMILES string of the molecule is CCCCOC(CC(=O)NCc1ccc([N+](=O)[O-])cc1)C(=O)N[C@@H](Cc1ccccc1)C(=O)N1CCC[C@H]1CO. The van der Waals surface area contributed by atoms with Crippen LogP contribution in [0.3, 0.4) is 0 Å². The number of unbranched alkanes of at least 4 members (excludes halogenated alkanes) is 1. The molecule has 216 valence electrons. The zero-order valence-corrected chi connectivity index (χ0v) is 22.8. The third kappa shape index (κ3) is 9.13. The van der Waals surface area contributed by atoms with Crippen molar-refractivity contribution in [2.24, 2.45) is 0 Å². The number of ether oxygens (including phenoxy) is 1. The van der Waals surface area contributed by atoms with Crippen molar-refractivity contribution in [2.75, 3.05) is 19.8 Å². The molecule has 0 aromatic heterocycles. The third-order valence-corrected chi connectivity index (χ3v) is 6.89. The maximum Gasteiger partial charge on any atom is 0.269 e. The van der Waals surface area contributed by atoms with Gasteiger partial charge in [-0.25, -0.2) is 0 Å². The van der Waals surface area contributed by atoms with Gasteiger partial charge in [0.2, 0.25) is 17.7 Å². The Labute approximate surface area is 234 Å². The minimum atomic E-state index is -1.11. The van der Waals surface area contributed by atoms with Crippen LogP contribution in [-0.4, -0.2) is 70.6 Å². The highest BCUT2D eigenvalue weighted by Crippen LogP contribution is 2.19. The average Bonchev–Trinajstić information content (AvgIpc) is 3.44. The van der Waals surface area contributed by atoms with Gasteiger partial charge in [-0.15, -0.1) is 0 Å². The molecule has 3 atom stereocenters. The van der Waals surface area contributed by atoms with E-state index in [0.717, 1.165) is 18.4 Å². The fourth-order valence-electron chi connectivity index (χ4n) is 4.60. The number of non-ortho nitro benzene ring substituents is 1. The van der Waals surface area contributed by atoms with Crippen molar-refractivity contribution in [3.05, 3.63) is 75.8 Å². The molecule has 1 fully saturated rings. The number of benzene rings is 2. The summed E-state index contributed by atoms with van der Waals surface area (Å²) in [5.74, 6) is -1.26. The quantitative estimate of drug-likeness (QED) is 0.174. The first-order valence-electron chi connectivity index (χ1n) is 13.7. The van der Waals surface area contributed by atoms with Crippen LogP contribution >= 0.6 is 0 Å². The molecule has 0 saturated carbocycles. The second-order valence-electron chi connectivity index (χ2n) is 9.88. The van der Waals surface area contributed by atoms with E-state index in [9.17, 15) is 29.6 Å². The number of aliphatic hydroxyl groups excluding tert-OH is 1. The van der Waals surface area contributed by atoms with Crippen LogP contribution in [0.1, 0.15) is 50.2 Å². The maximum absolute atomic E-state index is 13.5. The molecule has 3 amide bonds. The van der Waals surface area contributed by atoms with Crippen molar-refractivity contribution >= 4 is 23.4 Å². The number of nitro benzene ring substituents is 1. The lowest BCUT2D eigenvalue weighted by Gasteiger charge is -2.29. The smallest absolute Gasteiger partial charge is 0.269 e. The molecule has 40 heavy (non-hydrogen) atoms. The van der Waals surface area contributed by atoms with Crippen molar-refractivity contribution in [1.82, 2.24) is 15.5 Å². The van der Waals surface area contributed by atoms with Gasteiger partial charge in [-0.1, -0.05) is 55.8 Å². The van der Waals surface area contributed by atoms with Crippen LogP contribution in [0.4, 0.5) is 5.69 Å². The summed E-state index contributed by atoms with van der Waals surface area (Å²) in [5.41, 5.74) is 1.49. The molecular formula is C29H38N4O7. The maximum atomic E-state index is 13.5. The fourth-order valence-corrected chi connectivity index (χ4v) is 4.60. The Morgan fingerprint density at radius 1 is 1.12 bits per heavy atom. The molecule has 0 spiro atoms. The Morgan fingerprint density at radius 3 is 2.50 bits per heavy atom. The van der Waals surface area contributed by atoms with Crippen molar-refractivity contribution in [2.45, 2.75) is 70.2 Å². The highest BCUT2D eigenvalue weighted by Gasteiger charge is 2.35. The first-order chi connectivity index (χ1) is 19.3. The van der Waals surface area contributed by atoms with E-state index in [1.165, 1.54) is 12.1 Å². The number of carbonyl (C=O) groups excluding carboxylic acids is 3. The number of nitrogens with zero attached hydrogens (tertiary/aromatic N) is 2. The lowest BCUT2D eigenvalue weighted by Crippen LogP contribution is -2.54. The molecule has 11 nitrogen and oxygen atoms in total. The second-order valence-corrected chi connectivity index (χ2v) is 9.88. The largest absolute Gasteiger partial charge is 0.394 e. The Bertz CT molecular complexity index is 1130. The van der Waals surface area contributed by atoms with Gasteiger partial charge in [0.15, 0.2) is 0 Å². The summed E-state index contributed by atoms with van der Waals surface area (Å²) in [4.78, 5) is 51.7. The van der Waals surface area contributed by atoms with E-state index >= 15 is 0 Å². The lowest BCUT2D eigenvalue weighted by atomic mass is 10.0. The van der Waals surface area contributed by atoms with E-state index < -0.39 is 28.9 Å². The van der Waals surface area contributed by atoms with E-state index in [1.54, 1.807) is 17.0 Å². The van der Waals surface area contributed by atoms with Crippen LogP contribution < -0.4 is 10.6 Å². The molecule has 0 radical (unpaired) electrons. The Morgan fingerprint density at radius 2 is 1.85 bits per heavy atom. The molecule has 1 aliphatic rings. The summed E-state index contributed by atoms with van der Waals surface area (Å²) in [6, 6.07) is 14.0. The molecule has 2 aromatic rings. The number of likely N-dealkylation sites (tertiary alicyclic amines) is 1. The second kappa shape index (κ2) is 15.7. The van der Waals surface area contributed by atoms with Gasteiger partial charge in [0.1, 0.15) is 12.1 Å². The van der Waals surface area contributed by atoms with E-state index in [4.69, 9.17) is 4.74 Å². The van der Waals surface area contributed by atoms with Crippen LogP contribution in [0.15, 0.2) is 54.6 Å². The molecule has 1 aliphatic heterocycles. The van der Waals surface area contributed by atoms with Crippen molar-refractivity contribution in [3.8, 4) is 0 Å². The predicted octanol–water partition coefficient (Wildman–Crippen LogP) is 2.50. The highest BCUT2D eigenvalue weighted by atomic mass is 16.6. The molecule has 0 bridgehead atoms. The van der Waals surface area contributed by atoms with Crippen molar-refractivity contribution in [3.63, 3.8) is 0 Å². The van der Waals surface area contributed by atoms with Gasteiger partial charge in [0.05, 0.1) is 24.0 Å². The van der Waals surface area contributed by atoms with Gasteiger partial charge in [0, 0.05) is 38.2 Å². The van der Waals surface area contributed by atoms with Crippen molar-refractivity contribution < 1.29 is 29.2 Å². The molecular weight excluding hydrogens is 516 g/mol. The van der Waals surface area contributed by atoms with Crippen LogP contribution in [0.5, 0.6) is 0 Å². The minimum absolute atomic E-state index is 0.0463. The van der Waals surface area contributed by atoms with Gasteiger partial charge in [-0.05, 0) is 30.4 Å². The summed E-state index contributed by atoms with van der Waals surface area (Å²) in [6.07, 6.45) is 1.92. The van der Waals surface area contributed by atoms with E-state index in [-0.39, 0.29) is 50.2 Å². The summed E-state index contributed by atoms with van der Waals surface area (Å²) in [6.45, 7) is 2.76. The zero-order valence-electron chi connectivity index (χ0n) is 22.8. The number of hydrogen-bond acceptors (Lipinski definition) is 7. The number of aliphatic hydroxyl groups is 1. The first-order valence-corrected chi connectivity index (χ1v) is 13.7. The van der Waals surface area contributed by atoms with Crippen LogP contribution in [0, 0.1) is 10.1 Å². The minimum Gasteiger partial charge on any atom is -0.394 e. The third-order valence-electron chi connectivity index (χ3n) is 6.89. The first kappa shape index (κ1) is 30.7. The molecule has 3 rings (SSSR count). The summed E-state index contributed by atoms with van der Waals surface area (Å²) in [7, 11) is 0. The van der Waals surface area contributed by atoms with E-state index in [2.05, 4.69) is 10.6 Å². The van der Waals surface area contributed by atoms with Gasteiger partial charge in [-0.2, -0.15) is 0 Å². The Balaban J connectivity index is 1.69. The normalized spacial score (nSPS) is 16.2. The highest BCUT2D eigenvalue weighted by molar-refractivity contribution is 5.92. The average molecular weight is 555 g/mol. The van der Waals surface area contributed by atoms with Gasteiger partial charge in [0.25, 0.3) is 5.69 Å². The molecule has 11 heteroatoms. The molecule has 1 unspecified atom stereocenters.